The molecule has 0 amide bonds. The van der Waals surface area contributed by atoms with Crippen LogP contribution in [0.1, 0.15) is 57.1 Å². The zero-order valence-electron chi connectivity index (χ0n) is 12.3. The first-order valence-corrected chi connectivity index (χ1v) is 7.67. The van der Waals surface area contributed by atoms with Gasteiger partial charge in [-0.25, -0.2) is 0 Å². The van der Waals surface area contributed by atoms with Gasteiger partial charge in [0.1, 0.15) is 0 Å². The number of hydrogen-bond donors (Lipinski definition) is 1. The van der Waals surface area contributed by atoms with Crippen LogP contribution in [0.5, 0.6) is 0 Å². The van der Waals surface area contributed by atoms with E-state index in [-0.39, 0.29) is 0 Å². The van der Waals surface area contributed by atoms with E-state index in [9.17, 15) is 0 Å². The molecule has 2 heteroatoms. The van der Waals surface area contributed by atoms with E-state index < -0.39 is 0 Å². The first-order chi connectivity index (χ1) is 9.24. The molecule has 0 radical (unpaired) electrons. The van der Waals surface area contributed by atoms with Crippen molar-refractivity contribution in [3.8, 4) is 0 Å². The van der Waals surface area contributed by atoms with Gasteiger partial charge in [-0.15, -0.1) is 0 Å². The van der Waals surface area contributed by atoms with Crippen LogP contribution in [0, 0.1) is 0 Å². The normalized spacial score (nSPS) is 17.0. The van der Waals surface area contributed by atoms with Crippen LogP contribution in [-0.4, -0.2) is 12.1 Å². The maximum Gasteiger partial charge on any atom is 0.0720 e. The van der Waals surface area contributed by atoms with Gasteiger partial charge in [0.05, 0.1) is 12.7 Å². The van der Waals surface area contributed by atoms with Gasteiger partial charge in [0.15, 0.2) is 0 Å². The monoisotopic (exact) mass is 261 g/mol. The van der Waals surface area contributed by atoms with Crippen LogP contribution in [0.3, 0.4) is 0 Å². The standard InChI is InChI=1S/C17H27NO/c1-14(2)18-12-15-8-10-16(11-9-15)13-19-17-6-4-3-5-7-17/h8-11,14,17-18H,3-7,12-13H2,1-2H3. The Hall–Kier alpha value is -0.860. The Morgan fingerprint density at radius 3 is 2.32 bits per heavy atom. The van der Waals surface area contributed by atoms with Gasteiger partial charge < -0.3 is 10.1 Å². The third-order valence-corrected chi connectivity index (χ3v) is 3.78. The highest BCUT2D eigenvalue weighted by Crippen LogP contribution is 2.21. The molecule has 1 aliphatic rings. The molecule has 19 heavy (non-hydrogen) atoms. The largest absolute Gasteiger partial charge is 0.374 e. The maximum absolute atomic E-state index is 5.99. The summed E-state index contributed by atoms with van der Waals surface area (Å²) in [5, 5.41) is 3.43. The maximum atomic E-state index is 5.99. The number of benzene rings is 1. The summed E-state index contributed by atoms with van der Waals surface area (Å²) in [4.78, 5) is 0. The van der Waals surface area contributed by atoms with E-state index in [0.717, 1.165) is 13.2 Å². The predicted octanol–water partition coefficient (Wildman–Crippen LogP) is 4.03. The summed E-state index contributed by atoms with van der Waals surface area (Å²) in [5.41, 5.74) is 2.63. The Balaban J connectivity index is 1.74. The minimum absolute atomic E-state index is 0.496. The number of hydrogen-bond acceptors (Lipinski definition) is 2. The molecular weight excluding hydrogens is 234 g/mol. The van der Waals surface area contributed by atoms with Crippen LogP contribution < -0.4 is 5.32 Å². The van der Waals surface area contributed by atoms with Crippen molar-refractivity contribution >= 4 is 0 Å². The average molecular weight is 261 g/mol. The topological polar surface area (TPSA) is 21.3 Å². The van der Waals surface area contributed by atoms with Crippen LogP contribution in [0.15, 0.2) is 24.3 Å². The van der Waals surface area contributed by atoms with Crippen LogP contribution in [0.2, 0.25) is 0 Å². The van der Waals surface area contributed by atoms with E-state index in [1.165, 1.54) is 43.2 Å². The van der Waals surface area contributed by atoms with Crippen molar-refractivity contribution in [1.29, 1.82) is 0 Å². The second-order valence-electron chi connectivity index (χ2n) is 5.92. The van der Waals surface area contributed by atoms with Crippen molar-refractivity contribution in [1.82, 2.24) is 5.32 Å². The Morgan fingerprint density at radius 2 is 1.68 bits per heavy atom. The molecule has 1 N–H and O–H groups in total. The highest BCUT2D eigenvalue weighted by atomic mass is 16.5. The van der Waals surface area contributed by atoms with Gasteiger partial charge in [-0.05, 0) is 24.0 Å². The second kappa shape index (κ2) is 7.66. The summed E-state index contributed by atoms with van der Waals surface area (Å²) in [7, 11) is 0. The second-order valence-corrected chi connectivity index (χ2v) is 5.92. The molecule has 1 aromatic rings. The van der Waals surface area contributed by atoms with Crippen LogP contribution in [0.4, 0.5) is 0 Å². The van der Waals surface area contributed by atoms with E-state index in [1.54, 1.807) is 0 Å². The molecule has 0 aliphatic heterocycles. The first kappa shape index (κ1) is 14.5. The highest BCUT2D eigenvalue weighted by molar-refractivity contribution is 5.22. The van der Waals surface area contributed by atoms with Crippen molar-refractivity contribution in [3.05, 3.63) is 35.4 Å². The van der Waals surface area contributed by atoms with E-state index >= 15 is 0 Å². The Labute approximate surface area is 117 Å². The summed E-state index contributed by atoms with van der Waals surface area (Å²) < 4.78 is 5.99. The fourth-order valence-electron chi connectivity index (χ4n) is 2.52. The van der Waals surface area contributed by atoms with Gasteiger partial charge in [0, 0.05) is 12.6 Å². The molecule has 0 aromatic heterocycles. The first-order valence-electron chi connectivity index (χ1n) is 7.67. The average Bonchev–Trinajstić information content (AvgIpc) is 2.45. The van der Waals surface area contributed by atoms with E-state index in [4.69, 9.17) is 4.74 Å². The summed E-state index contributed by atoms with van der Waals surface area (Å²) in [5.74, 6) is 0. The SMILES string of the molecule is CC(C)NCc1ccc(COC2CCCCC2)cc1. The van der Waals surface area contributed by atoms with Crippen LogP contribution >= 0.6 is 0 Å². The molecule has 1 saturated carbocycles. The Morgan fingerprint density at radius 1 is 1.05 bits per heavy atom. The van der Waals surface area contributed by atoms with E-state index in [2.05, 4.69) is 43.4 Å². The minimum atomic E-state index is 0.496. The molecular formula is C17H27NO. The molecule has 0 spiro atoms. The number of ether oxygens (including phenoxy) is 1. The molecule has 0 atom stereocenters. The molecule has 0 heterocycles. The lowest BCUT2D eigenvalue weighted by Gasteiger charge is -2.22. The Bertz CT molecular complexity index is 352. The van der Waals surface area contributed by atoms with Gasteiger partial charge >= 0.3 is 0 Å². The van der Waals surface area contributed by atoms with Gasteiger partial charge in [-0.3, -0.25) is 0 Å². The predicted molar refractivity (Wildman–Crippen MR) is 80.1 cm³/mol. The fourth-order valence-corrected chi connectivity index (χ4v) is 2.52. The zero-order chi connectivity index (χ0) is 13.5. The molecule has 1 fully saturated rings. The molecule has 106 valence electrons. The Kier molecular flexibility index (Phi) is 5.87. The number of rotatable bonds is 6. The van der Waals surface area contributed by atoms with Crippen LogP contribution in [0.25, 0.3) is 0 Å². The summed E-state index contributed by atoms with van der Waals surface area (Å²) in [6.07, 6.45) is 7.05. The zero-order valence-corrected chi connectivity index (χ0v) is 12.3. The molecule has 2 nitrogen and oxygen atoms in total. The van der Waals surface area contributed by atoms with Crippen molar-refractivity contribution in [2.45, 2.75) is 71.2 Å². The van der Waals surface area contributed by atoms with Gasteiger partial charge in [-0.2, -0.15) is 0 Å². The summed E-state index contributed by atoms with van der Waals surface area (Å²) in [6, 6.07) is 9.33. The quantitative estimate of drug-likeness (QED) is 0.834. The highest BCUT2D eigenvalue weighted by Gasteiger charge is 2.13. The minimum Gasteiger partial charge on any atom is -0.374 e. The molecule has 1 aromatic carbocycles. The third kappa shape index (κ3) is 5.33. The van der Waals surface area contributed by atoms with Crippen molar-refractivity contribution in [2.75, 3.05) is 0 Å². The van der Waals surface area contributed by atoms with Crippen molar-refractivity contribution in [2.24, 2.45) is 0 Å². The summed E-state index contributed by atoms with van der Waals surface area (Å²) in [6.45, 7) is 6.06. The van der Waals surface area contributed by atoms with Crippen molar-refractivity contribution in [3.63, 3.8) is 0 Å². The van der Waals surface area contributed by atoms with Gasteiger partial charge in [-0.1, -0.05) is 57.4 Å². The van der Waals surface area contributed by atoms with Crippen molar-refractivity contribution < 1.29 is 4.74 Å². The van der Waals surface area contributed by atoms with Gasteiger partial charge in [0.2, 0.25) is 0 Å². The fraction of sp³-hybridized carbons (Fsp3) is 0.647. The summed E-state index contributed by atoms with van der Waals surface area (Å²) >= 11 is 0. The smallest absolute Gasteiger partial charge is 0.0720 e. The lowest BCUT2D eigenvalue weighted by molar-refractivity contribution is 0.0168. The van der Waals surface area contributed by atoms with E-state index in [0.29, 0.717) is 12.1 Å². The van der Waals surface area contributed by atoms with Gasteiger partial charge in [0.25, 0.3) is 0 Å². The number of nitrogens with one attached hydrogen (secondary N) is 1. The molecule has 0 bridgehead atoms. The molecule has 2 rings (SSSR count). The van der Waals surface area contributed by atoms with E-state index in [1.807, 2.05) is 0 Å². The molecule has 0 saturated heterocycles. The lowest BCUT2D eigenvalue weighted by atomic mass is 9.98. The lowest BCUT2D eigenvalue weighted by Crippen LogP contribution is -2.21. The third-order valence-electron chi connectivity index (χ3n) is 3.78. The molecule has 1 aliphatic carbocycles. The van der Waals surface area contributed by atoms with Crippen LogP contribution in [-0.2, 0) is 17.9 Å². The molecule has 0 unspecified atom stereocenters.